The number of aryl methyl sites for hydroxylation is 1. The van der Waals surface area contributed by atoms with Crippen LogP contribution in [0.1, 0.15) is 19.4 Å². The number of benzene rings is 4. The number of hydrogen-bond donors (Lipinski definition) is 0. The summed E-state index contributed by atoms with van der Waals surface area (Å²) in [7, 11) is 0. The van der Waals surface area contributed by atoms with E-state index in [2.05, 4.69) is 82.2 Å². The summed E-state index contributed by atoms with van der Waals surface area (Å²) in [6, 6.07) is 24.9. The molecule has 4 aromatic carbocycles. The summed E-state index contributed by atoms with van der Waals surface area (Å²) in [5.74, 6) is 1.91. The van der Waals surface area contributed by atoms with Crippen LogP contribution in [0.4, 0.5) is 5.69 Å². The smallest absolute Gasteiger partial charge is 0.214 e. The Bertz CT molecular complexity index is 2200. The molecular weight excluding hydrogens is 492 g/mol. The minimum absolute atomic E-state index is 0.0631. The first-order valence-corrected chi connectivity index (χ1v) is 13.4. The number of carbonyl (C=O) groups excluding carboxylic acids is 1. The zero-order valence-electron chi connectivity index (χ0n) is 22.2. The Balaban J connectivity index is 1.50. The first kappa shape index (κ1) is 23.8. The summed E-state index contributed by atoms with van der Waals surface area (Å²) >= 11 is 0. The first-order valence-electron chi connectivity index (χ1n) is 13.4. The lowest BCUT2D eigenvalue weighted by Gasteiger charge is -2.23. The van der Waals surface area contributed by atoms with Crippen molar-refractivity contribution < 1.29 is 9.37 Å². The minimum atomic E-state index is -0.148. The van der Waals surface area contributed by atoms with E-state index in [0.717, 1.165) is 67.8 Å². The predicted molar refractivity (Wildman–Crippen MR) is 162 cm³/mol. The molecule has 40 heavy (non-hydrogen) atoms. The van der Waals surface area contributed by atoms with Gasteiger partial charge in [0.15, 0.2) is 5.78 Å². The van der Waals surface area contributed by atoms with Crippen LogP contribution in [-0.4, -0.2) is 33.1 Å². The summed E-state index contributed by atoms with van der Waals surface area (Å²) in [5, 5.41) is 16.5. The molecule has 7 rings (SSSR count). The maximum Gasteiger partial charge on any atom is 0.214 e. The lowest BCUT2D eigenvalue weighted by Crippen LogP contribution is -2.27. The van der Waals surface area contributed by atoms with E-state index in [-0.39, 0.29) is 11.5 Å². The average Bonchev–Trinajstić information content (AvgIpc) is 3.48. The normalized spacial score (nSPS) is 16.0. The van der Waals surface area contributed by atoms with Gasteiger partial charge in [-0.05, 0) is 42.8 Å². The van der Waals surface area contributed by atoms with Crippen LogP contribution in [0.25, 0.3) is 48.8 Å². The van der Waals surface area contributed by atoms with Crippen molar-refractivity contribution in [1.82, 2.24) is 4.57 Å². The van der Waals surface area contributed by atoms with Gasteiger partial charge in [-0.3, -0.25) is 10.7 Å². The van der Waals surface area contributed by atoms with Crippen molar-refractivity contribution in [3.63, 3.8) is 0 Å². The van der Waals surface area contributed by atoms with Crippen molar-refractivity contribution >= 4 is 61.6 Å². The molecule has 1 aromatic heterocycles. The van der Waals surface area contributed by atoms with Crippen molar-refractivity contribution in [2.45, 2.75) is 20.4 Å². The van der Waals surface area contributed by atoms with E-state index >= 15 is 0 Å². The summed E-state index contributed by atoms with van der Waals surface area (Å²) in [5.41, 5.74) is 5.37. The lowest BCUT2D eigenvalue weighted by atomic mass is 9.78. The highest BCUT2D eigenvalue weighted by molar-refractivity contribution is 6.31. The average molecular weight is 517 g/mol. The topological polar surface area (TPSA) is 51.7 Å². The number of Topliss-reactive ketones (excluding diaryl/α,β-unsaturated/α-hetero) is 1. The first-order chi connectivity index (χ1) is 19.6. The minimum Gasteiger partial charge on any atom is -0.775 e. The third-order valence-corrected chi connectivity index (χ3v) is 8.16. The molecule has 0 fully saturated rings. The Labute approximate surface area is 231 Å². The Morgan fingerprint density at radius 2 is 1.68 bits per heavy atom. The van der Waals surface area contributed by atoms with Crippen LogP contribution in [0.2, 0.25) is 0 Å². The van der Waals surface area contributed by atoms with Gasteiger partial charge < -0.3 is 9.98 Å². The van der Waals surface area contributed by atoms with Crippen LogP contribution < -0.4 is 5.35 Å². The van der Waals surface area contributed by atoms with Gasteiger partial charge in [0.2, 0.25) is 17.1 Å². The summed E-state index contributed by atoms with van der Waals surface area (Å²) in [4.78, 5) is 17.4. The number of nitrogens with zero attached hydrogens (tertiary/aromatic N) is 4. The van der Waals surface area contributed by atoms with E-state index in [1.54, 1.807) is 0 Å². The standard InChI is InChI=1S/C35H24N4O/c1-4-38-28-16-8-12-21-10-6-14-23(32(21)28)30(38)18-25-34(27(20-36)37-3)26(35(25)40)19-31-24-15-7-11-22-13-9-17-29(33(22)24)39(31)5-2/h6-19H,4-5H2,1-2H3. The van der Waals surface area contributed by atoms with Gasteiger partial charge in [0.1, 0.15) is 6.54 Å². The van der Waals surface area contributed by atoms with Gasteiger partial charge in [-0.1, -0.05) is 54.6 Å². The molecule has 0 N–H and O–H groups in total. The monoisotopic (exact) mass is 516 g/mol. The summed E-state index contributed by atoms with van der Waals surface area (Å²) < 4.78 is 4.39. The van der Waals surface area contributed by atoms with Gasteiger partial charge in [-0.25, -0.2) is 4.85 Å². The second kappa shape index (κ2) is 8.88. The van der Waals surface area contributed by atoms with Crippen molar-refractivity contribution in [3.8, 4) is 0 Å². The second-order valence-corrected chi connectivity index (χ2v) is 10.0. The van der Waals surface area contributed by atoms with Crippen LogP contribution in [0.3, 0.4) is 0 Å². The predicted octanol–water partition coefficient (Wildman–Crippen LogP) is 6.48. The molecule has 2 heterocycles. The fourth-order valence-electron chi connectivity index (χ4n) is 6.46. The molecule has 190 valence electrons. The highest BCUT2D eigenvalue weighted by atomic mass is 16.1. The third kappa shape index (κ3) is 3.12. The van der Waals surface area contributed by atoms with Crippen LogP contribution >= 0.6 is 0 Å². The Kier molecular flexibility index (Phi) is 5.28. The van der Waals surface area contributed by atoms with E-state index < -0.39 is 0 Å². The quantitative estimate of drug-likeness (QED) is 0.114. The molecule has 5 aromatic rings. The van der Waals surface area contributed by atoms with Crippen molar-refractivity contribution in [1.29, 1.82) is 0 Å². The van der Waals surface area contributed by atoms with E-state index in [1.807, 2.05) is 36.4 Å². The van der Waals surface area contributed by atoms with E-state index in [4.69, 9.17) is 6.57 Å². The third-order valence-electron chi connectivity index (χ3n) is 8.16. The zero-order valence-corrected chi connectivity index (χ0v) is 22.2. The van der Waals surface area contributed by atoms with Crippen LogP contribution in [0.15, 0.2) is 101 Å². The van der Waals surface area contributed by atoms with Crippen LogP contribution in [0.5, 0.6) is 0 Å². The van der Waals surface area contributed by atoms with E-state index in [0.29, 0.717) is 16.7 Å². The van der Waals surface area contributed by atoms with Crippen molar-refractivity contribution in [3.05, 3.63) is 129 Å². The van der Waals surface area contributed by atoms with Gasteiger partial charge >= 0.3 is 0 Å². The molecule has 5 nitrogen and oxygen atoms in total. The van der Waals surface area contributed by atoms with Crippen LogP contribution in [-0.2, 0) is 11.3 Å². The maximum atomic E-state index is 13.9. The molecule has 0 amide bonds. The van der Waals surface area contributed by atoms with Gasteiger partial charge in [-0.15, -0.1) is 0 Å². The fraction of sp³-hybridized carbons (Fsp3) is 0.114. The van der Waals surface area contributed by atoms with E-state index in [9.17, 15) is 10.2 Å². The van der Waals surface area contributed by atoms with Crippen molar-refractivity contribution in [2.75, 3.05) is 6.54 Å². The molecule has 0 unspecified atom stereocenters. The number of ketones is 1. The second-order valence-electron chi connectivity index (χ2n) is 10.0. The fourth-order valence-corrected chi connectivity index (χ4v) is 6.46. The molecular formula is C35H24N4O. The van der Waals surface area contributed by atoms with Gasteiger partial charge in [-0.2, -0.15) is 4.58 Å². The largest absolute Gasteiger partial charge is 0.775 e. The summed E-state index contributed by atoms with van der Waals surface area (Å²) in [6.07, 6.45) is 3.75. The Hall–Kier alpha value is -5.30. The van der Waals surface area contributed by atoms with Crippen molar-refractivity contribution in [2.24, 2.45) is 0 Å². The Morgan fingerprint density at radius 1 is 0.975 bits per heavy atom. The molecule has 0 saturated carbocycles. The van der Waals surface area contributed by atoms with E-state index in [1.165, 1.54) is 0 Å². The number of rotatable bonds is 5. The highest BCUT2D eigenvalue weighted by Gasteiger charge is 2.37. The van der Waals surface area contributed by atoms with Gasteiger partial charge in [0.05, 0.1) is 17.5 Å². The Morgan fingerprint density at radius 3 is 2.38 bits per heavy atom. The zero-order chi connectivity index (χ0) is 27.5. The number of hydrogen-bond acceptors (Lipinski definition) is 1. The molecule has 1 aliphatic carbocycles. The molecule has 1 aliphatic heterocycles. The molecule has 2 aliphatic rings. The molecule has 0 bridgehead atoms. The SMILES string of the molecule is [C-]#[N+]C(=C=[N-])C1=C(/C=c2\c3cccc4cccc(c43)n2CC)C(=O)/C1=C\C1=[N+](CC)c2cccc3cccc1c23. The van der Waals surface area contributed by atoms with Gasteiger partial charge in [0, 0.05) is 57.0 Å². The van der Waals surface area contributed by atoms with Crippen LogP contribution in [0, 0.1) is 6.57 Å². The molecule has 0 radical (unpaired) electrons. The number of allylic oxidation sites excluding steroid dienone is 3. The molecule has 0 atom stereocenters. The highest BCUT2D eigenvalue weighted by Crippen LogP contribution is 2.40. The maximum absolute atomic E-state index is 13.9. The molecule has 5 heteroatoms. The van der Waals surface area contributed by atoms with Gasteiger partial charge in [0.25, 0.3) is 0 Å². The molecule has 0 spiro atoms. The lowest BCUT2D eigenvalue weighted by molar-refractivity contribution is -0.430. The summed E-state index contributed by atoms with van der Waals surface area (Å²) in [6.45, 7) is 13.4. The molecule has 0 saturated heterocycles. The number of carbonyl (C=O) groups is 1. The number of aromatic nitrogens is 1.